The lowest BCUT2D eigenvalue weighted by molar-refractivity contribution is 0.0981. The molecule has 156 valence electrons. The number of hydrogen-bond acceptors (Lipinski definition) is 5. The van der Waals surface area contributed by atoms with Crippen molar-refractivity contribution < 1.29 is 14.3 Å². The molecule has 1 amide bonds. The Labute approximate surface area is 184 Å². The van der Waals surface area contributed by atoms with Gasteiger partial charge in [-0.1, -0.05) is 53.8 Å². The van der Waals surface area contributed by atoms with Crippen LogP contribution in [0.15, 0.2) is 72.8 Å². The highest BCUT2D eigenvalue weighted by molar-refractivity contribution is 7.22. The second-order valence-electron chi connectivity index (χ2n) is 7.07. The first kappa shape index (κ1) is 20.8. The van der Waals surface area contributed by atoms with E-state index in [1.165, 1.54) is 18.3 Å². The molecule has 0 aliphatic rings. The molecule has 5 nitrogen and oxygen atoms in total. The lowest BCUT2D eigenvalue weighted by Gasteiger charge is -2.20. The van der Waals surface area contributed by atoms with Gasteiger partial charge in [0.15, 0.2) is 10.9 Å². The van der Waals surface area contributed by atoms with Gasteiger partial charge < -0.3 is 4.74 Å². The third kappa shape index (κ3) is 4.64. The van der Waals surface area contributed by atoms with Crippen molar-refractivity contribution >= 4 is 38.4 Å². The zero-order valence-electron chi connectivity index (χ0n) is 17.4. The van der Waals surface area contributed by atoms with Crippen molar-refractivity contribution in [2.24, 2.45) is 0 Å². The maximum Gasteiger partial charge on any atom is 0.260 e. The number of thiazole rings is 1. The lowest BCUT2D eigenvalue weighted by Crippen LogP contribution is -2.30. The predicted molar refractivity (Wildman–Crippen MR) is 124 cm³/mol. The number of carbonyl (C=O) groups is 2. The molecule has 0 aliphatic carbocycles. The van der Waals surface area contributed by atoms with Gasteiger partial charge in [-0.2, -0.15) is 0 Å². The molecule has 6 heteroatoms. The fourth-order valence-electron chi connectivity index (χ4n) is 3.26. The summed E-state index contributed by atoms with van der Waals surface area (Å²) >= 11 is 1.46. The summed E-state index contributed by atoms with van der Waals surface area (Å²) in [5.74, 6) is 0.588. The Hall–Kier alpha value is -3.51. The van der Waals surface area contributed by atoms with E-state index in [4.69, 9.17) is 9.72 Å². The number of hydrogen-bond donors (Lipinski definition) is 0. The summed E-state index contributed by atoms with van der Waals surface area (Å²) in [4.78, 5) is 31.4. The first-order valence-electron chi connectivity index (χ1n) is 10.1. The van der Waals surface area contributed by atoms with Crippen molar-refractivity contribution in [3.63, 3.8) is 0 Å². The van der Waals surface area contributed by atoms with Crippen LogP contribution in [0.4, 0.5) is 5.13 Å². The Bertz CT molecular complexity index is 1220. The van der Waals surface area contributed by atoms with E-state index in [0.29, 0.717) is 29.4 Å². The van der Waals surface area contributed by atoms with Gasteiger partial charge in [-0.15, -0.1) is 0 Å². The molecule has 31 heavy (non-hydrogen) atoms. The molecule has 0 bridgehead atoms. The van der Waals surface area contributed by atoms with Crippen LogP contribution in [0, 0.1) is 0 Å². The summed E-state index contributed by atoms with van der Waals surface area (Å²) in [7, 11) is 0. The van der Waals surface area contributed by atoms with Crippen LogP contribution in [-0.2, 0) is 6.54 Å². The number of nitrogens with zero attached hydrogens (tertiary/aromatic N) is 2. The number of rotatable bonds is 7. The average molecular weight is 431 g/mol. The standard InChI is InChI=1S/C25H22N2O3S/c1-3-30-21-13-14-22-23(15-21)31-25(26-22)27(16-18-7-5-4-6-8-18)24(29)20-11-9-19(10-12-20)17(2)28/h4-15H,3,16H2,1-2H3. The normalized spacial score (nSPS) is 10.8. The van der Waals surface area contributed by atoms with Gasteiger partial charge in [-0.3, -0.25) is 14.5 Å². The van der Waals surface area contributed by atoms with E-state index < -0.39 is 0 Å². The van der Waals surface area contributed by atoms with Crippen LogP contribution >= 0.6 is 11.3 Å². The average Bonchev–Trinajstić information content (AvgIpc) is 3.21. The highest BCUT2D eigenvalue weighted by atomic mass is 32.1. The number of benzene rings is 3. The fourth-order valence-corrected chi connectivity index (χ4v) is 4.25. The Morgan fingerprint density at radius 3 is 2.35 bits per heavy atom. The monoisotopic (exact) mass is 430 g/mol. The van der Waals surface area contributed by atoms with Gasteiger partial charge in [0.05, 0.1) is 23.4 Å². The molecule has 4 rings (SSSR count). The van der Waals surface area contributed by atoms with Crippen LogP contribution in [0.2, 0.25) is 0 Å². The second-order valence-corrected chi connectivity index (χ2v) is 8.08. The minimum Gasteiger partial charge on any atom is -0.494 e. The van der Waals surface area contributed by atoms with Crippen LogP contribution in [-0.4, -0.2) is 23.3 Å². The molecule has 1 aromatic heterocycles. The Balaban J connectivity index is 1.72. The fraction of sp³-hybridized carbons (Fsp3) is 0.160. The maximum atomic E-state index is 13.5. The summed E-state index contributed by atoms with van der Waals surface area (Å²) in [5.41, 5.74) is 2.91. The summed E-state index contributed by atoms with van der Waals surface area (Å²) < 4.78 is 6.55. The van der Waals surface area contributed by atoms with Crippen LogP contribution in [0.25, 0.3) is 10.2 Å². The molecule has 4 aromatic rings. The maximum absolute atomic E-state index is 13.5. The number of amides is 1. The molecule has 0 atom stereocenters. The van der Waals surface area contributed by atoms with E-state index >= 15 is 0 Å². The zero-order chi connectivity index (χ0) is 21.8. The molecular formula is C25H22N2O3S. The molecule has 0 radical (unpaired) electrons. The van der Waals surface area contributed by atoms with Gasteiger partial charge in [0, 0.05) is 11.1 Å². The molecule has 0 spiro atoms. The van der Waals surface area contributed by atoms with Crippen molar-refractivity contribution in [2.45, 2.75) is 20.4 Å². The summed E-state index contributed by atoms with van der Waals surface area (Å²) in [6.45, 7) is 4.44. The number of Topliss-reactive ketones (excluding diaryl/α,β-unsaturated/α-hetero) is 1. The number of anilines is 1. The largest absolute Gasteiger partial charge is 0.494 e. The Kier molecular flexibility index (Phi) is 6.09. The van der Waals surface area contributed by atoms with Crippen LogP contribution < -0.4 is 9.64 Å². The van der Waals surface area contributed by atoms with Crippen LogP contribution in [0.1, 0.15) is 40.1 Å². The molecule has 0 saturated carbocycles. The van der Waals surface area contributed by atoms with Crippen molar-refractivity contribution in [2.75, 3.05) is 11.5 Å². The molecule has 0 aliphatic heterocycles. The quantitative estimate of drug-likeness (QED) is 0.351. The minimum atomic E-state index is -0.164. The third-order valence-corrected chi connectivity index (χ3v) is 5.90. The SMILES string of the molecule is CCOc1ccc2nc(N(Cc3ccccc3)C(=O)c3ccc(C(C)=O)cc3)sc2c1. The van der Waals surface area contributed by atoms with E-state index in [2.05, 4.69) is 0 Å². The number of fused-ring (bicyclic) bond motifs is 1. The first-order valence-corrected chi connectivity index (χ1v) is 10.9. The van der Waals surface area contributed by atoms with Crippen molar-refractivity contribution in [3.05, 3.63) is 89.5 Å². The number of ether oxygens (including phenoxy) is 1. The van der Waals surface area contributed by atoms with Gasteiger partial charge in [0.2, 0.25) is 0 Å². The summed E-state index contributed by atoms with van der Waals surface area (Å²) in [5, 5.41) is 0.619. The molecule has 3 aromatic carbocycles. The van der Waals surface area contributed by atoms with E-state index in [1.54, 1.807) is 29.2 Å². The van der Waals surface area contributed by atoms with Gasteiger partial charge in [0.1, 0.15) is 5.75 Å². The lowest BCUT2D eigenvalue weighted by atomic mass is 10.1. The van der Waals surface area contributed by atoms with Crippen LogP contribution in [0.3, 0.4) is 0 Å². The van der Waals surface area contributed by atoms with Crippen molar-refractivity contribution in [3.8, 4) is 5.75 Å². The van der Waals surface area contributed by atoms with E-state index in [-0.39, 0.29) is 11.7 Å². The molecule has 1 heterocycles. The first-order chi connectivity index (χ1) is 15.0. The highest BCUT2D eigenvalue weighted by Crippen LogP contribution is 2.33. The van der Waals surface area contributed by atoms with Gasteiger partial charge >= 0.3 is 0 Å². The summed E-state index contributed by atoms with van der Waals surface area (Å²) in [6, 6.07) is 22.3. The van der Waals surface area contributed by atoms with E-state index in [1.807, 2.05) is 55.5 Å². The van der Waals surface area contributed by atoms with Crippen LogP contribution in [0.5, 0.6) is 5.75 Å². The van der Waals surface area contributed by atoms with Crippen molar-refractivity contribution in [1.29, 1.82) is 0 Å². The molecule has 0 fully saturated rings. The number of carbonyl (C=O) groups excluding carboxylic acids is 2. The molecule has 0 N–H and O–H groups in total. The minimum absolute atomic E-state index is 0.0311. The highest BCUT2D eigenvalue weighted by Gasteiger charge is 2.22. The third-order valence-electron chi connectivity index (χ3n) is 4.86. The topological polar surface area (TPSA) is 59.5 Å². The van der Waals surface area contributed by atoms with Gasteiger partial charge in [-0.05, 0) is 49.7 Å². The molecule has 0 unspecified atom stereocenters. The van der Waals surface area contributed by atoms with E-state index in [0.717, 1.165) is 21.5 Å². The smallest absolute Gasteiger partial charge is 0.260 e. The Morgan fingerprint density at radius 1 is 0.968 bits per heavy atom. The number of ketones is 1. The van der Waals surface area contributed by atoms with Crippen molar-refractivity contribution in [1.82, 2.24) is 4.98 Å². The molecular weight excluding hydrogens is 408 g/mol. The van der Waals surface area contributed by atoms with Gasteiger partial charge in [-0.25, -0.2) is 4.98 Å². The Morgan fingerprint density at radius 2 is 1.68 bits per heavy atom. The predicted octanol–water partition coefficient (Wildman–Crippen LogP) is 5.74. The molecule has 0 saturated heterocycles. The number of aromatic nitrogens is 1. The van der Waals surface area contributed by atoms with E-state index in [9.17, 15) is 9.59 Å². The second kappa shape index (κ2) is 9.10. The zero-order valence-corrected chi connectivity index (χ0v) is 18.2. The summed E-state index contributed by atoms with van der Waals surface area (Å²) in [6.07, 6.45) is 0. The van der Waals surface area contributed by atoms with Gasteiger partial charge in [0.25, 0.3) is 5.91 Å².